The Labute approximate surface area is 156 Å². The molecule has 0 saturated heterocycles. The summed E-state index contributed by atoms with van der Waals surface area (Å²) < 4.78 is 8.91. The number of rotatable bonds is 4. The predicted octanol–water partition coefficient (Wildman–Crippen LogP) is 2.97. The summed E-state index contributed by atoms with van der Waals surface area (Å²) >= 11 is 9.59. The SMILES string of the molecule is Cc1cc(OCc2c(Br)cccc2-n2nnn(C)c2=O)c(Cl)cc1O. The molecule has 0 atom stereocenters. The third-order valence-electron chi connectivity index (χ3n) is 3.67. The van der Waals surface area contributed by atoms with Gasteiger partial charge in [0, 0.05) is 23.2 Å². The lowest BCUT2D eigenvalue weighted by atomic mass is 10.2. The second kappa shape index (κ2) is 6.89. The van der Waals surface area contributed by atoms with E-state index in [1.54, 1.807) is 25.1 Å². The van der Waals surface area contributed by atoms with E-state index in [0.29, 0.717) is 27.6 Å². The molecule has 1 aromatic heterocycles. The summed E-state index contributed by atoms with van der Waals surface area (Å²) in [5, 5.41) is 17.6. The van der Waals surface area contributed by atoms with Gasteiger partial charge < -0.3 is 9.84 Å². The first-order valence-electron chi connectivity index (χ1n) is 7.27. The van der Waals surface area contributed by atoms with E-state index >= 15 is 0 Å². The topological polar surface area (TPSA) is 82.2 Å². The molecule has 0 amide bonds. The Balaban J connectivity index is 1.97. The summed E-state index contributed by atoms with van der Waals surface area (Å²) in [4.78, 5) is 12.1. The van der Waals surface area contributed by atoms with Gasteiger partial charge in [-0.1, -0.05) is 33.6 Å². The molecule has 0 fully saturated rings. The number of tetrazole rings is 1. The molecular weight excluding hydrogens is 412 g/mol. The number of aromatic nitrogens is 4. The van der Waals surface area contributed by atoms with E-state index in [9.17, 15) is 9.90 Å². The van der Waals surface area contributed by atoms with E-state index in [4.69, 9.17) is 16.3 Å². The Hall–Kier alpha value is -2.32. The molecule has 7 nitrogen and oxygen atoms in total. The summed E-state index contributed by atoms with van der Waals surface area (Å²) in [5.74, 6) is 0.537. The van der Waals surface area contributed by atoms with Crippen molar-refractivity contribution in [2.75, 3.05) is 0 Å². The van der Waals surface area contributed by atoms with Gasteiger partial charge in [0.15, 0.2) is 0 Å². The number of halogens is 2. The van der Waals surface area contributed by atoms with Crippen molar-refractivity contribution in [3.63, 3.8) is 0 Å². The van der Waals surface area contributed by atoms with Crippen molar-refractivity contribution in [2.24, 2.45) is 7.05 Å². The van der Waals surface area contributed by atoms with Crippen LogP contribution < -0.4 is 10.4 Å². The van der Waals surface area contributed by atoms with Gasteiger partial charge in [0.25, 0.3) is 0 Å². The average molecular weight is 426 g/mol. The zero-order chi connectivity index (χ0) is 18.1. The minimum absolute atomic E-state index is 0.102. The van der Waals surface area contributed by atoms with Crippen LogP contribution in [0, 0.1) is 6.92 Å². The summed E-state index contributed by atoms with van der Waals surface area (Å²) in [6.45, 7) is 1.89. The molecule has 25 heavy (non-hydrogen) atoms. The second-order valence-corrected chi connectivity index (χ2v) is 6.65. The van der Waals surface area contributed by atoms with Crippen LogP contribution in [0.15, 0.2) is 39.6 Å². The molecule has 0 aliphatic rings. The molecule has 1 N–H and O–H groups in total. The fraction of sp³-hybridized carbons (Fsp3) is 0.188. The fourth-order valence-electron chi connectivity index (χ4n) is 2.26. The van der Waals surface area contributed by atoms with E-state index in [2.05, 4.69) is 26.4 Å². The first kappa shape index (κ1) is 17.5. The minimum Gasteiger partial charge on any atom is -0.508 e. The highest BCUT2D eigenvalue weighted by molar-refractivity contribution is 9.10. The fourth-order valence-corrected chi connectivity index (χ4v) is 2.94. The molecule has 0 aliphatic carbocycles. The third-order valence-corrected chi connectivity index (χ3v) is 4.70. The average Bonchev–Trinajstić information content (AvgIpc) is 2.90. The van der Waals surface area contributed by atoms with Crippen LogP contribution in [0.1, 0.15) is 11.1 Å². The van der Waals surface area contributed by atoms with Crippen molar-refractivity contribution in [3.8, 4) is 17.2 Å². The first-order chi connectivity index (χ1) is 11.9. The van der Waals surface area contributed by atoms with Gasteiger partial charge in [0.2, 0.25) is 0 Å². The molecule has 3 rings (SSSR count). The van der Waals surface area contributed by atoms with Crippen LogP contribution in [-0.4, -0.2) is 24.9 Å². The lowest BCUT2D eigenvalue weighted by Gasteiger charge is -2.13. The largest absolute Gasteiger partial charge is 0.508 e. The van der Waals surface area contributed by atoms with Crippen LogP contribution in [0.25, 0.3) is 5.69 Å². The van der Waals surface area contributed by atoms with Crippen LogP contribution in [0.5, 0.6) is 11.5 Å². The van der Waals surface area contributed by atoms with Crippen LogP contribution in [0.3, 0.4) is 0 Å². The number of ether oxygens (including phenoxy) is 1. The Morgan fingerprint density at radius 2 is 2.08 bits per heavy atom. The van der Waals surface area contributed by atoms with Gasteiger partial charge in [0.05, 0.1) is 10.7 Å². The van der Waals surface area contributed by atoms with E-state index in [0.717, 1.165) is 9.15 Å². The van der Waals surface area contributed by atoms with Crippen LogP contribution in [0.4, 0.5) is 0 Å². The van der Waals surface area contributed by atoms with Crippen molar-refractivity contribution in [1.82, 2.24) is 19.8 Å². The zero-order valence-electron chi connectivity index (χ0n) is 13.4. The lowest BCUT2D eigenvalue weighted by molar-refractivity contribution is 0.304. The summed E-state index contributed by atoms with van der Waals surface area (Å²) in [5.41, 5.74) is 1.56. The third kappa shape index (κ3) is 3.40. The highest BCUT2D eigenvalue weighted by Crippen LogP contribution is 2.33. The van der Waals surface area contributed by atoms with E-state index < -0.39 is 0 Å². The van der Waals surface area contributed by atoms with Gasteiger partial charge in [0.1, 0.15) is 18.1 Å². The molecule has 1 heterocycles. The summed E-state index contributed by atoms with van der Waals surface area (Å²) in [7, 11) is 1.53. The highest BCUT2D eigenvalue weighted by atomic mass is 79.9. The van der Waals surface area contributed by atoms with Gasteiger partial charge in [-0.25, -0.2) is 4.79 Å². The maximum absolute atomic E-state index is 12.1. The Kier molecular flexibility index (Phi) is 4.82. The van der Waals surface area contributed by atoms with Crippen LogP contribution >= 0.6 is 27.5 Å². The molecule has 0 spiro atoms. The summed E-state index contributed by atoms with van der Waals surface area (Å²) in [6, 6.07) is 8.47. The molecular formula is C16H14BrClN4O3. The maximum Gasteiger partial charge on any atom is 0.368 e. The van der Waals surface area contributed by atoms with Crippen molar-refractivity contribution >= 4 is 27.5 Å². The van der Waals surface area contributed by atoms with E-state index in [1.165, 1.54) is 17.8 Å². The molecule has 3 aromatic rings. The van der Waals surface area contributed by atoms with Crippen molar-refractivity contribution in [1.29, 1.82) is 0 Å². The Bertz CT molecular complexity index is 1000. The van der Waals surface area contributed by atoms with Gasteiger partial charge in [-0.2, -0.15) is 9.36 Å². The maximum atomic E-state index is 12.1. The van der Waals surface area contributed by atoms with Crippen LogP contribution in [0.2, 0.25) is 5.02 Å². The number of aromatic hydroxyl groups is 1. The number of benzene rings is 2. The molecule has 9 heteroatoms. The zero-order valence-corrected chi connectivity index (χ0v) is 15.7. The normalized spacial score (nSPS) is 10.9. The monoisotopic (exact) mass is 424 g/mol. The minimum atomic E-state index is -0.363. The quantitative estimate of drug-likeness (QED) is 0.695. The van der Waals surface area contributed by atoms with Gasteiger partial charge in [-0.05, 0) is 41.1 Å². The molecule has 2 aromatic carbocycles. The van der Waals surface area contributed by atoms with Crippen molar-refractivity contribution in [3.05, 3.63) is 61.4 Å². The molecule has 0 radical (unpaired) electrons. The van der Waals surface area contributed by atoms with Crippen LogP contribution in [-0.2, 0) is 13.7 Å². The van der Waals surface area contributed by atoms with E-state index in [-0.39, 0.29) is 18.0 Å². The van der Waals surface area contributed by atoms with Crippen molar-refractivity contribution in [2.45, 2.75) is 13.5 Å². The predicted molar refractivity (Wildman–Crippen MR) is 96.5 cm³/mol. The Morgan fingerprint density at radius 3 is 2.76 bits per heavy atom. The molecule has 0 bridgehead atoms. The summed E-state index contributed by atoms with van der Waals surface area (Å²) in [6.07, 6.45) is 0. The van der Waals surface area contributed by atoms with Gasteiger partial charge in [-0.15, -0.1) is 0 Å². The number of phenolic OH excluding ortho intramolecular Hbond substituents is 1. The lowest BCUT2D eigenvalue weighted by Crippen LogP contribution is -2.23. The molecule has 130 valence electrons. The standard InChI is InChI=1S/C16H14BrClN4O3/c1-9-6-15(12(18)7-14(9)23)25-8-10-11(17)4-3-5-13(10)22-16(24)21(2)19-20-22/h3-7,23H,8H2,1-2H3. The number of hydrogen-bond donors (Lipinski definition) is 1. The Morgan fingerprint density at radius 1 is 1.32 bits per heavy atom. The number of nitrogens with zero attached hydrogens (tertiary/aromatic N) is 4. The first-order valence-corrected chi connectivity index (χ1v) is 8.44. The smallest absolute Gasteiger partial charge is 0.368 e. The van der Waals surface area contributed by atoms with Gasteiger partial charge >= 0.3 is 5.69 Å². The van der Waals surface area contributed by atoms with Crippen molar-refractivity contribution < 1.29 is 9.84 Å². The van der Waals surface area contributed by atoms with E-state index in [1.807, 2.05) is 6.07 Å². The molecule has 0 aliphatic heterocycles. The molecule has 0 unspecified atom stereocenters. The highest BCUT2D eigenvalue weighted by Gasteiger charge is 2.15. The number of aryl methyl sites for hydroxylation is 2. The van der Waals surface area contributed by atoms with Gasteiger partial charge in [-0.3, -0.25) is 0 Å². The number of phenols is 1. The molecule has 0 saturated carbocycles. The number of hydrogen-bond acceptors (Lipinski definition) is 5. The second-order valence-electron chi connectivity index (χ2n) is 5.39.